The summed E-state index contributed by atoms with van der Waals surface area (Å²) < 4.78 is 10.7. The molecule has 0 spiro atoms. The molecule has 0 heterocycles. The van der Waals surface area contributed by atoms with Crippen molar-refractivity contribution in [3.05, 3.63) is 97.2 Å². The average Bonchev–Trinajstić information content (AvgIpc) is 3.42. The second kappa shape index (κ2) is 66.1. The van der Waals surface area contributed by atoms with Crippen LogP contribution in [0.2, 0.25) is 0 Å². The number of rotatable bonds is 60. The standard InChI is InChI=1S/C71H124O5/c1-3-5-7-9-11-13-15-17-19-21-23-25-27-29-31-33-35-37-39-41-43-45-47-49-51-53-55-57-59-61-63-65-70(73)75-68-69(67-72)76-71(74)66-64-62-60-58-56-54-52-50-48-46-44-42-40-38-36-34-32-30-28-26-24-22-20-18-16-14-12-10-8-6-4-2/h6,8,12,14,18,20,24,26,30,32,36,38,42,44,48,50,69,72H,3-5,7,9-11,13,15-17,19,21-23,25,27-29,31,33-35,37,39-41,43,45-47,49,51-68H2,1-2H3/b8-6-,14-12-,20-18-,26-24-,32-30-,38-36-,44-42-,50-48-. The highest BCUT2D eigenvalue weighted by atomic mass is 16.6. The first kappa shape index (κ1) is 72.8. The monoisotopic (exact) mass is 1060 g/mol. The van der Waals surface area contributed by atoms with Crippen LogP contribution in [0.25, 0.3) is 0 Å². The number of aliphatic hydroxyl groups is 1. The summed E-state index contributed by atoms with van der Waals surface area (Å²) in [6, 6.07) is 0. The van der Waals surface area contributed by atoms with E-state index in [9.17, 15) is 14.7 Å². The van der Waals surface area contributed by atoms with Gasteiger partial charge in [0.25, 0.3) is 0 Å². The van der Waals surface area contributed by atoms with E-state index in [0.29, 0.717) is 12.8 Å². The van der Waals surface area contributed by atoms with Gasteiger partial charge in [-0.3, -0.25) is 9.59 Å². The minimum absolute atomic E-state index is 0.0737. The molecular weight excluding hydrogens is 933 g/mol. The number of ether oxygens (including phenoxy) is 2. The molecule has 1 N–H and O–H groups in total. The van der Waals surface area contributed by atoms with E-state index in [-0.39, 0.29) is 25.2 Å². The van der Waals surface area contributed by atoms with Gasteiger partial charge < -0.3 is 14.6 Å². The van der Waals surface area contributed by atoms with Crippen LogP contribution < -0.4 is 0 Å². The second-order valence-electron chi connectivity index (χ2n) is 21.8. The topological polar surface area (TPSA) is 72.8 Å². The lowest BCUT2D eigenvalue weighted by Crippen LogP contribution is -2.28. The zero-order chi connectivity index (χ0) is 54.8. The van der Waals surface area contributed by atoms with Crippen molar-refractivity contribution in [2.45, 2.75) is 328 Å². The maximum atomic E-state index is 12.3. The van der Waals surface area contributed by atoms with Gasteiger partial charge in [-0.1, -0.05) is 329 Å². The molecular formula is C71H124O5. The van der Waals surface area contributed by atoms with Gasteiger partial charge in [0.15, 0.2) is 6.10 Å². The van der Waals surface area contributed by atoms with E-state index in [2.05, 4.69) is 111 Å². The molecule has 0 rings (SSSR count). The molecule has 0 aliphatic rings. The quantitative estimate of drug-likeness (QED) is 0.0373. The zero-order valence-corrected chi connectivity index (χ0v) is 50.3. The number of hydrogen-bond donors (Lipinski definition) is 1. The molecule has 0 saturated heterocycles. The van der Waals surface area contributed by atoms with Crippen LogP contribution in [0.5, 0.6) is 0 Å². The Balaban J connectivity index is 3.50. The highest BCUT2D eigenvalue weighted by Crippen LogP contribution is 2.18. The molecule has 1 atom stereocenters. The number of esters is 2. The van der Waals surface area contributed by atoms with Crippen LogP contribution in [0.3, 0.4) is 0 Å². The van der Waals surface area contributed by atoms with Gasteiger partial charge >= 0.3 is 11.9 Å². The van der Waals surface area contributed by atoms with E-state index in [1.54, 1.807) is 0 Å². The second-order valence-corrected chi connectivity index (χ2v) is 21.8. The van der Waals surface area contributed by atoms with Crippen LogP contribution in [0, 0.1) is 0 Å². The summed E-state index contributed by atoms with van der Waals surface area (Å²) in [5, 5.41) is 9.69. The van der Waals surface area contributed by atoms with Crippen molar-refractivity contribution in [3.8, 4) is 0 Å². The first-order valence-electron chi connectivity index (χ1n) is 32.8. The van der Waals surface area contributed by atoms with Gasteiger partial charge in [0, 0.05) is 12.8 Å². The van der Waals surface area contributed by atoms with Crippen molar-refractivity contribution in [1.29, 1.82) is 0 Å². The van der Waals surface area contributed by atoms with Gasteiger partial charge in [0.05, 0.1) is 6.61 Å². The number of hydrogen-bond acceptors (Lipinski definition) is 5. The number of aliphatic hydroxyl groups excluding tert-OH is 1. The van der Waals surface area contributed by atoms with Gasteiger partial charge in [-0.05, 0) is 77.0 Å². The van der Waals surface area contributed by atoms with Crippen LogP contribution in [0.15, 0.2) is 97.2 Å². The average molecular weight is 1060 g/mol. The molecule has 0 aromatic rings. The van der Waals surface area contributed by atoms with Crippen molar-refractivity contribution in [2.75, 3.05) is 13.2 Å². The molecule has 0 fully saturated rings. The first-order valence-corrected chi connectivity index (χ1v) is 32.8. The Morgan fingerprint density at radius 1 is 0.316 bits per heavy atom. The highest BCUT2D eigenvalue weighted by molar-refractivity contribution is 5.70. The molecule has 1 unspecified atom stereocenters. The third kappa shape index (κ3) is 63.4. The molecule has 0 amide bonds. The SMILES string of the molecule is CC/C=C\C/C=C\C/C=C\C/C=C\C/C=C\C/C=C\C/C=C\C/C=C\CCCCCCCCC(=O)OC(CO)COC(=O)CCCCCCCCCCCCCCCCCCCCCCCCCCCCCCCCC. The van der Waals surface area contributed by atoms with Crippen LogP contribution >= 0.6 is 0 Å². The fourth-order valence-electron chi connectivity index (χ4n) is 9.52. The Kier molecular flexibility index (Phi) is 63.3. The van der Waals surface area contributed by atoms with Gasteiger partial charge in [-0.25, -0.2) is 0 Å². The van der Waals surface area contributed by atoms with Crippen molar-refractivity contribution >= 4 is 11.9 Å². The fourth-order valence-corrected chi connectivity index (χ4v) is 9.52. The summed E-state index contributed by atoms with van der Waals surface area (Å²) in [5.41, 5.74) is 0. The first-order chi connectivity index (χ1) is 37.6. The van der Waals surface area contributed by atoms with E-state index in [1.807, 2.05) is 0 Å². The van der Waals surface area contributed by atoms with E-state index in [0.717, 1.165) is 96.3 Å². The van der Waals surface area contributed by atoms with Crippen molar-refractivity contribution < 1.29 is 24.2 Å². The smallest absolute Gasteiger partial charge is 0.306 e. The van der Waals surface area contributed by atoms with Crippen molar-refractivity contribution in [1.82, 2.24) is 0 Å². The summed E-state index contributed by atoms with van der Waals surface area (Å²) in [4.78, 5) is 24.6. The van der Waals surface area contributed by atoms with Crippen LogP contribution in [0.1, 0.15) is 322 Å². The van der Waals surface area contributed by atoms with Crippen LogP contribution in [-0.2, 0) is 19.1 Å². The molecule has 5 nitrogen and oxygen atoms in total. The predicted octanol–water partition coefficient (Wildman–Crippen LogP) is 22.6. The van der Waals surface area contributed by atoms with Crippen LogP contribution in [-0.4, -0.2) is 36.4 Å². The lowest BCUT2D eigenvalue weighted by atomic mass is 10.0. The van der Waals surface area contributed by atoms with Crippen molar-refractivity contribution in [3.63, 3.8) is 0 Å². The van der Waals surface area contributed by atoms with Crippen LogP contribution in [0.4, 0.5) is 0 Å². The van der Waals surface area contributed by atoms with Gasteiger partial charge in [0.1, 0.15) is 6.61 Å². The Bertz CT molecular complexity index is 1430. The summed E-state index contributed by atoms with van der Waals surface area (Å²) >= 11 is 0. The number of allylic oxidation sites excluding steroid dienone is 16. The zero-order valence-electron chi connectivity index (χ0n) is 50.3. The van der Waals surface area contributed by atoms with Gasteiger partial charge in [-0.2, -0.15) is 0 Å². The summed E-state index contributed by atoms with van der Waals surface area (Å²) in [6.45, 7) is 4.05. The maximum Gasteiger partial charge on any atom is 0.306 e. The van der Waals surface area contributed by atoms with E-state index >= 15 is 0 Å². The largest absolute Gasteiger partial charge is 0.462 e. The van der Waals surface area contributed by atoms with Gasteiger partial charge in [-0.15, -0.1) is 0 Å². The highest BCUT2D eigenvalue weighted by Gasteiger charge is 2.16. The molecule has 0 bridgehead atoms. The number of carbonyl (C=O) groups is 2. The summed E-state index contributed by atoms with van der Waals surface area (Å²) in [6.07, 6.45) is 94.2. The summed E-state index contributed by atoms with van der Waals surface area (Å²) in [5.74, 6) is -0.599. The molecule has 76 heavy (non-hydrogen) atoms. The third-order valence-corrected chi connectivity index (χ3v) is 14.4. The minimum atomic E-state index is -0.786. The number of carbonyl (C=O) groups excluding carboxylic acids is 2. The maximum absolute atomic E-state index is 12.3. The van der Waals surface area contributed by atoms with Crippen molar-refractivity contribution in [2.24, 2.45) is 0 Å². The number of unbranched alkanes of at least 4 members (excludes halogenated alkanes) is 36. The normalized spacial score (nSPS) is 12.8. The lowest BCUT2D eigenvalue weighted by Gasteiger charge is -2.15. The molecule has 0 saturated carbocycles. The molecule has 0 aliphatic carbocycles. The molecule has 5 heteroatoms. The van der Waals surface area contributed by atoms with E-state index < -0.39 is 6.10 Å². The molecule has 0 aliphatic heterocycles. The molecule has 438 valence electrons. The van der Waals surface area contributed by atoms with E-state index in [4.69, 9.17) is 9.47 Å². The predicted molar refractivity (Wildman–Crippen MR) is 334 cm³/mol. The lowest BCUT2D eigenvalue weighted by molar-refractivity contribution is -0.161. The molecule has 0 aromatic heterocycles. The van der Waals surface area contributed by atoms with Gasteiger partial charge in [0.2, 0.25) is 0 Å². The molecule has 0 radical (unpaired) electrons. The van der Waals surface area contributed by atoms with E-state index in [1.165, 1.54) is 199 Å². The Hall–Kier alpha value is -3.18. The minimum Gasteiger partial charge on any atom is -0.462 e. The Morgan fingerprint density at radius 3 is 0.855 bits per heavy atom. The molecule has 0 aromatic carbocycles. The Labute approximate surface area is 472 Å². The third-order valence-electron chi connectivity index (χ3n) is 14.4. The Morgan fingerprint density at radius 2 is 0.566 bits per heavy atom. The summed E-state index contributed by atoms with van der Waals surface area (Å²) in [7, 11) is 0. The fraction of sp³-hybridized carbons (Fsp3) is 0.746.